The number of aromatic nitrogens is 3. The van der Waals surface area contributed by atoms with Gasteiger partial charge in [-0.25, -0.2) is 9.67 Å². The second kappa shape index (κ2) is 7.15. The summed E-state index contributed by atoms with van der Waals surface area (Å²) in [5, 5.41) is 8.40. The fraction of sp³-hybridized carbons (Fsp3) is 0.136. The SMILES string of the molecule is Cc1c(C(=O)Nc2cccc(N(C)C)c2)cnn1-c1ccc2ccccc2n1. The van der Waals surface area contributed by atoms with Gasteiger partial charge in [0.15, 0.2) is 5.82 Å². The van der Waals surface area contributed by atoms with Crippen LogP contribution in [0.2, 0.25) is 0 Å². The van der Waals surface area contributed by atoms with Gasteiger partial charge in [-0.2, -0.15) is 5.10 Å². The zero-order valence-corrected chi connectivity index (χ0v) is 16.0. The quantitative estimate of drug-likeness (QED) is 0.588. The first-order chi connectivity index (χ1) is 13.5. The van der Waals surface area contributed by atoms with Crippen LogP contribution in [-0.4, -0.2) is 34.8 Å². The Hall–Kier alpha value is -3.67. The Morgan fingerprint density at radius 2 is 1.86 bits per heavy atom. The van der Waals surface area contributed by atoms with Crippen LogP contribution in [0.5, 0.6) is 0 Å². The van der Waals surface area contributed by atoms with E-state index in [0.29, 0.717) is 11.4 Å². The highest BCUT2D eigenvalue weighted by Crippen LogP contribution is 2.20. The molecule has 2 aromatic heterocycles. The smallest absolute Gasteiger partial charge is 0.259 e. The summed E-state index contributed by atoms with van der Waals surface area (Å²) in [6, 6.07) is 19.5. The standard InChI is InChI=1S/C22H21N5O/c1-15-19(22(28)24-17-8-6-9-18(13-17)26(2)3)14-23-27(15)21-12-11-16-7-4-5-10-20(16)25-21/h4-14H,1-3H3,(H,24,28). The molecule has 0 aliphatic rings. The molecule has 4 rings (SSSR count). The number of amides is 1. The van der Waals surface area contributed by atoms with Crippen LogP contribution in [0.15, 0.2) is 66.9 Å². The topological polar surface area (TPSA) is 63.1 Å². The fourth-order valence-electron chi connectivity index (χ4n) is 3.10. The van der Waals surface area contributed by atoms with Gasteiger partial charge in [-0.15, -0.1) is 0 Å². The minimum atomic E-state index is -0.194. The Morgan fingerprint density at radius 3 is 2.68 bits per heavy atom. The van der Waals surface area contributed by atoms with Gasteiger partial charge in [0.25, 0.3) is 5.91 Å². The predicted molar refractivity (Wildman–Crippen MR) is 112 cm³/mol. The number of pyridine rings is 1. The lowest BCUT2D eigenvalue weighted by atomic mass is 10.2. The molecule has 4 aromatic rings. The van der Waals surface area contributed by atoms with Gasteiger partial charge in [0, 0.05) is 30.9 Å². The number of para-hydroxylation sites is 1. The predicted octanol–water partition coefficient (Wildman–Crippen LogP) is 4.05. The highest BCUT2D eigenvalue weighted by molar-refractivity contribution is 6.05. The fourth-order valence-corrected chi connectivity index (χ4v) is 3.10. The van der Waals surface area contributed by atoms with E-state index in [2.05, 4.69) is 15.4 Å². The minimum Gasteiger partial charge on any atom is -0.378 e. The molecule has 2 aromatic carbocycles. The Labute approximate surface area is 163 Å². The third-order valence-corrected chi connectivity index (χ3v) is 4.68. The van der Waals surface area contributed by atoms with Crippen molar-refractivity contribution < 1.29 is 4.79 Å². The first kappa shape index (κ1) is 17.7. The number of rotatable bonds is 4. The summed E-state index contributed by atoms with van der Waals surface area (Å²) in [4.78, 5) is 19.4. The number of benzene rings is 2. The second-order valence-electron chi connectivity index (χ2n) is 6.82. The lowest BCUT2D eigenvalue weighted by Gasteiger charge is -2.14. The zero-order valence-electron chi connectivity index (χ0n) is 16.0. The third kappa shape index (κ3) is 3.32. The summed E-state index contributed by atoms with van der Waals surface area (Å²) in [6.07, 6.45) is 1.58. The summed E-state index contributed by atoms with van der Waals surface area (Å²) in [7, 11) is 3.93. The Bertz CT molecular complexity index is 1160. The molecule has 0 fully saturated rings. The number of nitrogens with zero attached hydrogens (tertiary/aromatic N) is 4. The van der Waals surface area contributed by atoms with Crippen LogP contribution in [0, 0.1) is 6.92 Å². The number of nitrogens with one attached hydrogen (secondary N) is 1. The second-order valence-corrected chi connectivity index (χ2v) is 6.82. The van der Waals surface area contributed by atoms with E-state index in [1.165, 1.54) is 0 Å². The number of hydrogen-bond donors (Lipinski definition) is 1. The van der Waals surface area contributed by atoms with Crippen molar-refractivity contribution in [2.75, 3.05) is 24.3 Å². The van der Waals surface area contributed by atoms with Crippen molar-refractivity contribution in [2.24, 2.45) is 0 Å². The van der Waals surface area contributed by atoms with Crippen LogP contribution in [0.3, 0.4) is 0 Å². The van der Waals surface area contributed by atoms with Gasteiger partial charge < -0.3 is 10.2 Å². The first-order valence-electron chi connectivity index (χ1n) is 9.02. The molecule has 0 aliphatic heterocycles. The molecule has 0 bridgehead atoms. The van der Waals surface area contributed by atoms with E-state index in [4.69, 9.17) is 0 Å². The number of carbonyl (C=O) groups excluding carboxylic acids is 1. The van der Waals surface area contributed by atoms with Crippen LogP contribution in [-0.2, 0) is 0 Å². The molecule has 1 amide bonds. The summed E-state index contributed by atoms with van der Waals surface area (Å²) >= 11 is 0. The molecule has 0 saturated heterocycles. The Morgan fingerprint density at radius 1 is 1.04 bits per heavy atom. The lowest BCUT2D eigenvalue weighted by Crippen LogP contribution is -2.14. The van der Waals surface area contributed by atoms with Gasteiger partial charge in [-0.1, -0.05) is 24.3 Å². The largest absolute Gasteiger partial charge is 0.378 e. The van der Waals surface area contributed by atoms with E-state index < -0.39 is 0 Å². The van der Waals surface area contributed by atoms with Crippen molar-refractivity contribution in [1.82, 2.24) is 14.8 Å². The maximum Gasteiger partial charge on any atom is 0.259 e. The van der Waals surface area contributed by atoms with Crippen molar-refractivity contribution in [3.05, 3.63) is 78.1 Å². The van der Waals surface area contributed by atoms with Crippen molar-refractivity contribution in [3.63, 3.8) is 0 Å². The number of anilines is 2. The number of fused-ring (bicyclic) bond motifs is 1. The monoisotopic (exact) mass is 371 g/mol. The average Bonchev–Trinajstić information content (AvgIpc) is 3.09. The zero-order chi connectivity index (χ0) is 19.7. The van der Waals surface area contributed by atoms with Gasteiger partial charge >= 0.3 is 0 Å². The average molecular weight is 371 g/mol. The Kier molecular flexibility index (Phi) is 4.53. The van der Waals surface area contributed by atoms with E-state index in [1.54, 1.807) is 10.9 Å². The summed E-state index contributed by atoms with van der Waals surface area (Å²) < 4.78 is 1.69. The van der Waals surface area contributed by atoms with Crippen LogP contribution in [0.4, 0.5) is 11.4 Å². The molecule has 6 nitrogen and oxygen atoms in total. The van der Waals surface area contributed by atoms with Crippen molar-refractivity contribution in [1.29, 1.82) is 0 Å². The van der Waals surface area contributed by atoms with Crippen molar-refractivity contribution in [3.8, 4) is 5.82 Å². The normalized spacial score (nSPS) is 10.8. The molecule has 1 N–H and O–H groups in total. The molecule has 28 heavy (non-hydrogen) atoms. The molecule has 6 heteroatoms. The van der Waals surface area contributed by atoms with Gasteiger partial charge in [0.2, 0.25) is 0 Å². The summed E-state index contributed by atoms with van der Waals surface area (Å²) in [5.41, 5.74) is 3.91. The van der Waals surface area contributed by atoms with Crippen molar-refractivity contribution in [2.45, 2.75) is 6.92 Å². The summed E-state index contributed by atoms with van der Waals surface area (Å²) in [5.74, 6) is 0.491. The van der Waals surface area contributed by atoms with Gasteiger partial charge in [-0.3, -0.25) is 4.79 Å². The molecule has 140 valence electrons. The van der Waals surface area contributed by atoms with E-state index in [0.717, 1.165) is 28.0 Å². The van der Waals surface area contributed by atoms with Gasteiger partial charge in [-0.05, 0) is 43.3 Å². The highest BCUT2D eigenvalue weighted by atomic mass is 16.1. The molecule has 0 saturated carbocycles. The van der Waals surface area contributed by atoms with Crippen molar-refractivity contribution >= 4 is 28.2 Å². The van der Waals surface area contributed by atoms with Crippen LogP contribution >= 0.6 is 0 Å². The molecular formula is C22H21N5O. The molecule has 0 atom stereocenters. The third-order valence-electron chi connectivity index (χ3n) is 4.68. The van der Waals surface area contributed by atoms with Gasteiger partial charge in [0.05, 0.1) is 23.0 Å². The molecule has 0 radical (unpaired) electrons. The number of carbonyl (C=O) groups is 1. The maximum absolute atomic E-state index is 12.8. The van der Waals surface area contributed by atoms with E-state index in [9.17, 15) is 4.79 Å². The first-order valence-corrected chi connectivity index (χ1v) is 9.02. The van der Waals surface area contributed by atoms with E-state index >= 15 is 0 Å². The molecule has 0 aliphatic carbocycles. The van der Waals surface area contributed by atoms with E-state index in [1.807, 2.05) is 86.6 Å². The minimum absolute atomic E-state index is 0.194. The highest BCUT2D eigenvalue weighted by Gasteiger charge is 2.16. The van der Waals surface area contributed by atoms with Crippen LogP contribution in [0.1, 0.15) is 16.1 Å². The van der Waals surface area contributed by atoms with E-state index in [-0.39, 0.29) is 5.91 Å². The Balaban J connectivity index is 1.62. The summed E-state index contributed by atoms with van der Waals surface area (Å²) in [6.45, 7) is 1.87. The van der Waals surface area contributed by atoms with Gasteiger partial charge in [0.1, 0.15) is 0 Å². The maximum atomic E-state index is 12.8. The molecule has 0 spiro atoms. The molecular weight excluding hydrogens is 350 g/mol. The molecule has 0 unspecified atom stereocenters. The molecule has 2 heterocycles. The lowest BCUT2D eigenvalue weighted by molar-refractivity contribution is 0.102. The number of hydrogen-bond acceptors (Lipinski definition) is 4. The van der Waals surface area contributed by atoms with Crippen LogP contribution in [0.25, 0.3) is 16.7 Å². The van der Waals surface area contributed by atoms with Crippen LogP contribution < -0.4 is 10.2 Å².